The Morgan fingerprint density at radius 1 is 0.923 bits per heavy atom. The van der Waals surface area contributed by atoms with E-state index in [-0.39, 0.29) is 0 Å². The fourth-order valence-electron chi connectivity index (χ4n) is 1.82. The van der Waals surface area contributed by atoms with Gasteiger partial charge in [0.05, 0.1) is 0 Å². The van der Waals surface area contributed by atoms with Crippen LogP contribution in [0.3, 0.4) is 0 Å². The Morgan fingerprint density at radius 2 is 1.46 bits per heavy atom. The van der Waals surface area contributed by atoms with Crippen LogP contribution in [-0.4, -0.2) is 6.54 Å². The van der Waals surface area contributed by atoms with Crippen LogP contribution in [0, 0.1) is 0 Å². The zero-order valence-corrected chi connectivity index (χ0v) is 9.53. The van der Waals surface area contributed by atoms with Gasteiger partial charge in [0.2, 0.25) is 0 Å². The molecule has 0 saturated carbocycles. The van der Waals surface area contributed by atoms with E-state index in [1.807, 2.05) is 0 Å². The van der Waals surface area contributed by atoms with Crippen molar-refractivity contribution < 1.29 is 0 Å². The molecule has 2 N–H and O–H groups in total. The summed E-state index contributed by atoms with van der Waals surface area (Å²) in [5.74, 6) is 0. The number of rotatable bonds is 7. The van der Waals surface area contributed by atoms with Gasteiger partial charge < -0.3 is 5.73 Å². The third-order valence-electron chi connectivity index (χ3n) is 2.59. The van der Waals surface area contributed by atoms with Gasteiger partial charge in [-0.25, -0.2) is 0 Å². The van der Waals surface area contributed by atoms with Gasteiger partial charge in [-0.15, -0.1) is 0 Å². The van der Waals surface area contributed by atoms with Crippen molar-refractivity contribution in [2.75, 3.05) is 6.54 Å². The maximum Gasteiger partial charge on any atom is -0.00742 e. The summed E-state index contributed by atoms with van der Waals surface area (Å²) in [6.45, 7) is 7.61. The Bertz CT molecular complexity index is 147. The summed E-state index contributed by atoms with van der Waals surface area (Å²) >= 11 is 0. The summed E-state index contributed by atoms with van der Waals surface area (Å²) in [6, 6.07) is 0. The minimum Gasteiger partial charge on any atom is -0.330 e. The molecule has 0 aromatic heterocycles. The average molecular weight is 183 g/mol. The Hall–Kier alpha value is -0.300. The highest BCUT2D eigenvalue weighted by molar-refractivity contribution is 5.13. The first-order chi connectivity index (χ1) is 6.29. The molecule has 0 unspecified atom stereocenters. The van der Waals surface area contributed by atoms with Gasteiger partial charge >= 0.3 is 0 Å². The highest BCUT2D eigenvalue weighted by Crippen LogP contribution is 2.21. The minimum atomic E-state index is 0.826. The third-order valence-corrected chi connectivity index (χ3v) is 2.59. The van der Waals surface area contributed by atoms with Gasteiger partial charge in [0.15, 0.2) is 0 Å². The molecule has 13 heavy (non-hydrogen) atoms. The van der Waals surface area contributed by atoms with Crippen LogP contribution in [0.15, 0.2) is 11.1 Å². The lowest BCUT2D eigenvalue weighted by Gasteiger charge is -2.11. The molecule has 1 nitrogen and oxygen atoms in total. The molecule has 0 atom stereocenters. The van der Waals surface area contributed by atoms with Crippen LogP contribution in [0.5, 0.6) is 0 Å². The molecule has 0 aliphatic heterocycles. The van der Waals surface area contributed by atoms with E-state index < -0.39 is 0 Å². The maximum atomic E-state index is 5.52. The molecule has 0 aliphatic carbocycles. The number of hydrogen-bond acceptors (Lipinski definition) is 1. The van der Waals surface area contributed by atoms with Crippen LogP contribution < -0.4 is 5.73 Å². The van der Waals surface area contributed by atoms with Gasteiger partial charge in [0.25, 0.3) is 0 Å². The maximum absolute atomic E-state index is 5.52. The van der Waals surface area contributed by atoms with E-state index in [4.69, 9.17) is 5.73 Å². The second-order valence-corrected chi connectivity index (χ2v) is 3.56. The molecule has 0 aromatic carbocycles. The zero-order chi connectivity index (χ0) is 10.1. The molecule has 0 heterocycles. The topological polar surface area (TPSA) is 26.0 Å². The van der Waals surface area contributed by atoms with Crippen LogP contribution in [0.4, 0.5) is 0 Å². The first-order valence-corrected chi connectivity index (χ1v) is 5.69. The fraction of sp³-hybridized carbons (Fsp3) is 0.833. The molecule has 0 fully saturated rings. The standard InChI is InChI=1S/C12H25N/c1-4-8-11(5-2)12(6-3)9-7-10-13/h4-10,13H2,1-3H3/b12-11+. The molecule has 0 spiro atoms. The van der Waals surface area contributed by atoms with Gasteiger partial charge in [-0.05, 0) is 38.6 Å². The number of hydrogen-bond donors (Lipinski definition) is 1. The smallest absolute Gasteiger partial charge is 0.00742 e. The van der Waals surface area contributed by atoms with Crippen molar-refractivity contribution in [3.8, 4) is 0 Å². The predicted molar refractivity (Wildman–Crippen MR) is 60.8 cm³/mol. The van der Waals surface area contributed by atoms with Gasteiger partial charge in [-0.2, -0.15) is 0 Å². The molecular weight excluding hydrogens is 158 g/mol. The summed E-state index contributed by atoms with van der Waals surface area (Å²) in [7, 11) is 0. The van der Waals surface area contributed by atoms with Gasteiger partial charge in [-0.3, -0.25) is 0 Å². The molecule has 0 amide bonds. The summed E-state index contributed by atoms with van der Waals surface area (Å²) in [4.78, 5) is 0. The van der Waals surface area contributed by atoms with E-state index in [0.29, 0.717) is 0 Å². The lowest BCUT2D eigenvalue weighted by Crippen LogP contribution is -2.00. The van der Waals surface area contributed by atoms with E-state index in [0.717, 1.165) is 13.0 Å². The quantitative estimate of drug-likeness (QED) is 0.599. The summed E-state index contributed by atoms with van der Waals surface area (Å²) in [5.41, 5.74) is 8.87. The van der Waals surface area contributed by atoms with Crippen LogP contribution in [0.25, 0.3) is 0 Å². The Morgan fingerprint density at radius 3 is 1.85 bits per heavy atom. The Kier molecular flexibility index (Phi) is 8.11. The monoisotopic (exact) mass is 183 g/mol. The first-order valence-electron chi connectivity index (χ1n) is 5.69. The molecular formula is C12H25N. The van der Waals surface area contributed by atoms with E-state index in [1.165, 1.54) is 32.1 Å². The SMILES string of the molecule is CCC/C(CC)=C(\CC)CCCN. The summed E-state index contributed by atoms with van der Waals surface area (Å²) in [5, 5.41) is 0. The fourth-order valence-corrected chi connectivity index (χ4v) is 1.82. The van der Waals surface area contributed by atoms with E-state index in [2.05, 4.69) is 20.8 Å². The van der Waals surface area contributed by atoms with Crippen LogP contribution in [0.1, 0.15) is 59.3 Å². The van der Waals surface area contributed by atoms with E-state index in [1.54, 1.807) is 11.1 Å². The molecule has 0 rings (SSSR count). The second kappa shape index (κ2) is 8.31. The number of nitrogens with two attached hydrogens (primary N) is 1. The average Bonchev–Trinajstić information content (AvgIpc) is 2.17. The lowest BCUT2D eigenvalue weighted by atomic mass is 9.96. The van der Waals surface area contributed by atoms with Crippen molar-refractivity contribution >= 4 is 0 Å². The molecule has 0 saturated heterocycles. The van der Waals surface area contributed by atoms with E-state index >= 15 is 0 Å². The Labute approximate surface area is 83.4 Å². The van der Waals surface area contributed by atoms with Crippen molar-refractivity contribution in [3.63, 3.8) is 0 Å². The van der Waals surface area contributed by atoms with Crippen LogP contribution in [-0.2, 0) is 0 Å². The Balaban J connectivity index is 4.23. The van der Waals surface area contributed by atoms with Crippen molar-refractivity contribution in [1.29, 1.82) is 0 Å². The van der Waals surface area contributed by atoms with Crippen molar-refractivity contribution in [2.24, 2.45) is 5.73 Å². The molecule has 0 aliphatic rings. The first kappa shape index (κ1) is 12.7. The van der Waals surface area contributed by atoms with E-state index in [9.17, 15) is 0 Å². The van der Waals surface area contributed by atoms with Gasteiger partial charge in [0.1, 0.15) is 0 Å². The van der Waals surface area contributed by atoms with Crippen molar-refractivity contribution in [1.82, 2.24) is 0 Å². The molecule has 78 valence electrons. The highest BCUT2D eigenvalue weighted by Gasteiger charge is 2.02. The summed E-state index contributed by atoms with van der Waals surface area (Å²) < 4.78 is 0. The number of allylic oxidation sites excluding steroid dienone is 2. The summed E-state index contributed by atoms with van der Waals surface area (Å²) in [6.07, 6.45) is 7.36. The molecule has 0 aromatic rings. The zero-order valence-electron chi connectivity index (χ0n) is 9.53. The van der Waals surface area contributed by atoms with Crippen molar-refractivity contribution in [2.45, 2.75) is 59.3 Å². The van der Waals surface area contributed by atoms with Gasteiger partial charge in [-0.1, -0.05) is 38.3 Å². The van der Waals surface area contributed by atoms with Crippen LogP contribution >= 0.6 is 0 Å². The molecule has 1 heteroatoms. The molecule has 0 radical (unpaired) electrons. The normalized spacial score (nSPS) is 12.9. The largest absolute Gasteiger partial charge is 0.330 e. The minimum absolute atomic E-state index is 0.826. The van der Waals surface area contributed by atoms with Crippen molar-refractivity contribution in [3.05, 3.63) is 11.1 Å². The highest BCUT2D eigenvalue weighted by atomic mass is 14.5. The second-order valence-electron chi connectivity index (χ2n) is 3.56. The van der Waals surface area contributed by atoms with Crippen LogP contribution in [0.2, 0.25) is 0 Å². The van der Waals surface area contributed by atoms with Gasteiger partial charge in [0, 0.05) is 0 Å². The predicted octanol–water partition coefficient (Wildman–Crippen LogP) is 3.64. The molecule has 0 bridgehead atoms. The lowest BCUT2D eigenvalue weighted by molar-refractivity contribution is 0.750. The third kappa shape index (κ3) is 5.09.